The minimum absolute atomic E-state index is 0.0331. The normalized spacial score (nSPS) is 16.7. The number of pyridine rings is 1. The molecule has 5 rings (SSSR count). The topological polar surface area (TPSA) is 80.6 Å². The first-order valence-electron chi connectivity index (χ1n) is 12.0. The van der Waals surface area contributed by atoms with Gasteiger partial charge in [0.15, 0.2) is 11.4 Å². The number of aromatic nitrogens is 1. The van der Waals surface area contributed by atoms with E-state index in [1.807, 2.05) is 30.3 Å². The average Bonchev–Trinajstić information content (AvgIpc) is 3.13. The number of benzene rings is 2. The SMILES string of the molecule is O=C(NCc1ccc(F)c(Cl)c1F)c1cn2c(c(OCc3ccccc3)c1=O)C(=O)N1CCCC[C@@H]2C1. The van der Waals surface area contributed by atoms with Crippen molar-refractivity contribution in [2.45, 2.75) is 38.5 Å². The molecule has 2 aromatic carbocycles. The molecule has 3 aromatic rings. The summed E-state index contributed by atoms with van der Waals surface area (Å²) in [6.07, 6.45) is 3.91. The third kappa shape index (κ3) is 4.83. The summed E-state index contributed by atoms with van der Waals surface area (Å²) in [5.41, 5.74) is -0.0727. The fourth-order valence-electron chi connectivity index (χ4n) is 4.78. The molecule has 2 aliphatic rings. The van der Waals surface area contributed by atoms with Crippen molar-refractivity contribution in [3.8, 4) is 5.75 Å². The van der Waals surface area contributed by atoms with Crippen LogP contribution in [0, 0.1) is 11.6 Å². The third-order valence-electron chi connectivity index (χ3n) is 6.75. The van der Waals surface area contributed by atoms with Crippen LogP contribution in [0.2, 0.25) is 5.02 Å². The van der Waals surface area contributed by atoms with Crippen LogP contribution in [0.25, 0.3) is 0 Å². The number of hydrogen-bond donors (Lipinski definition) is 1. The van der Waals surface area contributed by atoms with Crippen LogP contribution in [0.4, 0.5) is 8.78 Å². The van der Waals surface area contributed by atoms with Gasteiger partial charge in [0, 0.05) is 31.4 Å². The number of carbonyl (C=O) groups is 2. The van der Waals surface area contributed by atoms with E-state index in [0.717, 1.165) is 30.9 Å². The lowest BCUT2D eigenvalue weighted by atomic mass is 10.1. The Bertz CT molecular complexity index is 1430. The number of amides is 2. The molecule has 0 saturated carbocycles. The van der Waals surface area contributed by atoms with Gasteiger partial charge in [-0.15, -0.1) is 0 Å². The predicted octanol–water partition coefficient (Wildman–Crippen LogP) is 4.47. The fraction of sp³-hybridized carbons (Fsp3) is 0.296. The standard InChI is InChI=1S/C27H24ClF2N3O4/c28-21-20(29)10-9-17(22(21)30)12-31-26(35)19-14-33-18-8-4-5-11-32(13-18)27(36)23(33)25(24(19)34)37-15-16-6-2-1-3-7-16/h1-3,6-7,9-10,14,18H,4-5,8,11-13,15H2,(H,31,35)/t18-/m1/s1. The first kappa shape index (κ1) is 25.0. The Kier molecular flexibility index (Phi) is 6.97. The van der Waals surface area contributed by atoms with Crippen molar-refractivity contribution in [2.75, 3.05) is 13.1 Å². The number of ether oxygens (including phenoxy) is 1. The van der Waals surface area contributed by atoms with Crippen molar-refractivity contribution in [1.82, 2.24) is 14.8 Å². The number of nitrogens with one attached hydrogen (secondary N) is 1. The van der Waals surface area contributed by atoms with E-state index in [0.29, 0.717) is 13.1 Å². The molecule has 37 heavy (non-hydrogen) atoms. The number of fused-ring (bicyclic) bond motifs is 4. The lowest BCUT2D eigenvalue weighted by Gasteiger charge is -2.35. The summed E-state index contributed by atoms with van der Waals surface area (Å²) in [5, 5.41) is 1.83. The van der Waals surface area contributed by atoms with E-state index in [1.54, 1.807) is 9.47 Å². The van der Waals surface area contributed by atoms with Crippen molar-refractivity contribution in [3.63, 3.8) is 0 Å². The highest BCUT2D eigenvalue weighted by atomic mass is 35.5. The van der Waals surface area contributed by atoms with E-state index in [-0.39, 0.29) is 47.7 Å². The molecule has 0 spiro atoms. The van der Waals surface area contributed by atoms with E-state index < -0.39 is 28.0 Å². The molecular weight excluding hydrogens is 504 g/mol. The first-order valence-corrected chi connectivity index (χ1v) is 12.4. The van der Waals surface area contributed by atoms with Crippen LogP contribution in [0.1, 0.15) is 57.3 Å². The molecule has 3 heterocycles. The molecule has 1 atom stereocenters. The molecule has 0 aliphatic carbocycles. The lowest BCUT2D eigenvalue weighted by molar-refractivity contribution is 0.0673. The minimum atomic E-state index is -0.986. The van der Waals surface area contributed by atoms with Crippen LogP contribution in [0.3, 0.4) is 0 Å². The van der Waals surface area contributed by atoms with Crippen LogP contribution in [0.5, 0.6) is 5.75 Å². The van der Waals surface area contributed by atoms with E-state index in [1.165, 1.54) is 12.3 Å². The molecular formula is C27H24ClF2N3O4. The number of nitrogens with zero attached hydrogens (tertiary/aromatic N) is 2. The molecule has 1 fully saturated rings. The largest absolute Gasteiger partial charge is 0.483 e. The van der Waals surface area contributed by atoms with Crippen LogP contribution < -0.4 is 15.5 Å². The first-order chi connectivity index (χ1) is 17.8. The molecule has 0 radical (unpaired) electrons. The lowest BCUT2D eigenvalue weighted by Crippen LogP contribution is -2.44. The number of carbonyl (C=O) groups excluding carboxylic acids is 2. The smallest absolute Gasteiger partial charge is 0.274 e. The summed E-state index contributed by atoms with van der Waals surface area (Å²) in [6, 6.07) is 11.2. The highest BCUT2D eigenvalue weighted by molar-refractivity contribution is 6.30. The summed E-state index contributed by atoms with van der Waals surface area (Å²) >= 11 is 5.63. The second-order valence-corrected chi connectivity index (χ2v) is 9.53. The van der Waals surface area contributed by atoms with Gasteiger partial charge < -0.3 is 19.5 Å². The number of rotatable bonds is 6. The Morgan fingerprint density at radius 3 is 2.68 bits per heavy atom. The predicted molar refractivity (Wildman–Crippen MR) is 133 cm³/mol. The van der Waals surface area contributed by atoms with Crippen LogP contribution in [0.15, 0.2) is 53.5 Å². The van der Waals surface area contributed by atoms with Crippen molar-refractivity contribution < 1.29 is 23.1 Å². The van der Waals surface area contributed by atoms with Gasteiger partial charge in [0.1, 0.15) is 28.8 Å². The van der Waals surface area contributed by atoms with Crippen LogP contribution in [-0.4, -0.2) is 34.4 Å². The van der Waals surface area contributed by atoms with Crippen molar-refractivity contribution in [3.05, 3.63) is 97.9 Å². The van der Waals surface area contributed by atoms with Gasteiger partial charge in [-0.05, 0) is 30.9 Å². The molecule has 2 amide bonds. The van der Waals surface area contributed by atoms with Gasteiger partial charge in [0.2, 0.25) is 5.43 Å². The Morgan fingerprint density at radius 2 is 1.89 bits per heavy atom. The number of hydrogen-bond acceptors (Lipinski definition) is 4. The van der Waals surface area contributed by atoms with Crippen molar-refractivity contribution >= 4 is 23.4 Å². The van der Waals surface area contributed by atoms with E-state index >= 15 is 0 Å². The second-order valence-electron chi connectivity index (χ2n) is 9.15. The number of halogens is 3. The van der Waals surface area contributed by atoms with E-state index in [9.17, 15) is 23.2 Å². The minimum Gasteiger partial charge on any atom is -0.483 e. The van der Waals surface area contributed by atoms with Gasteiger partial charge in [0.05, 0.1) is 6.04 Å². The van der Waals surface area contributed by atoms with Gasteiger partial charge in [-0.25, -0.2) is 8.78 Å². The molecule has 1 aromatic heterocycles. The summed E-state index contributed by atoms with van der Waals surface area (Å²) in [7, 11) is 0. The summed E-state index contributed by atoms with van der Waals surface area (Å²) in [5.74, 6) is -3.17. The zero-order chi connectivity index (χ0) is 26.1. The molecule has 0 unspecified atom stereocenters. The molecule has 192 valence electrons. The third-order valence-corrected chi connectivity index (χ3v) is 7.09. The van der Waals surface area contributed by atoms with Gasteiger partial charge in [-0.3, -0.25) is 14.4 Å². The summed E-state index contributed by atoms with van der Waals surface area (Å²) < 4.78 is 35.4. The molecule has 2 bridgehead atoms. The Hall–Kier alpha value is -3.72. The average molecular weight is 528 g/mol. The van der Waals surface area contributed by atoms with Crippen LogP contribution in [-0.2, 0) is 13.2 Å². The van der Waals surface area contributed by atoms with Crippen molar-refractivity contribution in [1.29, 1.82) is 0 Å². The highest BCUT2D eigenvalue weighted by Crippen LogP contribution is 2.32. The molecule has 10 heteroatoms. The maximum atomic E-state index is 14.3. The van der Waals surface area contributed by atoms with Crippen molar-refractivity contribution in [2.24, 2.45) is 0 Å². The molecule has 1 saturated heterocycles. The van der Waals surface area contributed by atoms with E-state index in [4.69, 9.17) is 16.3 Å². The van der Waals surface area contributed by atoms with Gasteiger partial charge >= 0.3 is 0 Å². The summed E-state index contributed by atoms with van der Waals surface area (Å²) in [4.78, 5) is 41.7. The zero-order valence-corrected chi connectivity index (χ0v) is 20.6. The Balaban J connectivity index is 1.52. The van der Waals surface area contributed by atoms with Gasteiger partial charge in [-0.1, -0.05) is 48.0 Å². The molecule has 7 nitrogen and oxygen atoms in total. The Morgan fingerprint density at radius 1 is 1.11 bits per heavy atom. The maximum Gasteiger partial charge on any atom is 0.274 e. The van der Waals surface area contributed by atoms with Gasteiger partial charge in [-0.2, -0.15) is 0 Å². The molecule has 1 N–H and O–H groups in total. The van der Waals surface area contributed by atoms with E-state index in [2.05, 4.69) is 5.32 Å². The zero-order valence-electron chi connectivity index (χ0n) is 19.8. The van der Waals surface area contributed by atoms with Gasteiger partial charge in [0.25, 0.3) is 11.8 Å². The fourth-order valence-corrected chi connectivity index (χ4v) is 4.97. The Labute approximate surface area is 216 Å². The van der Waals surface area contributed by atoms with Crippen LogP contribution >= 0.6 is 11.6 Å². The highest BCUT2D eigenvalue weighted by Gasteiger charge is 2.37. The maximum absolute atomic E-state index is 14.3. The monoisotopic (exact) mass is 527 g/mol. The summed E-state index contributed by atoms with van der Waals surface area (Å²) in [6.45, 7) is 0.788. The molecule has 2 aliphatic heterocycles. The second kappa shape index (κ2) is 10.3. The quantitative estimate of drug-likeness (QED) is 0.480.